The Morgan fingerprint density at radius 3 is 2.70 bits per heavy atom. The molecule has 0 amide bonds. The van der Waals surface area contributed by atoms with Crippen molar-refractivity contribution in [1.82, 2.24) is 15.2 Å². The number of para-hydroxylation sites is 1. The number of H-pyrrole nitrogens is 1. The number of esters is 1. The number of hydrogen-bond donors (Lipinski definition) is 2. The SMILES string of the molecule is COC(=O)[C@@H]1Cc2c([nH]c3ccccc23)[C@@H]2C[C@H](NC(C)C)C[C@@H](c3ccc(Cl)c(F)c3)N12. The molecule has 4 atom stereocenters. The number of methoxy groups -OCH3 is 1. The highest BCUT2D eigenvalue weighted by molar-refractivity contribution is 6.30. The number of nitrogens with zero attached hydrogens (tertiary/aromatic N) is 1. The van der Waals surface area contributed by atoms with Crippen molar-refractivity contribution < 1.29 is 13.9 Å². The predicted molar refractivity (Wildman–Crippen MR) is 128 cm³/mol. The first-order chi connectivity index (χ1) is 15.9. The third-order valence-corrected chi connectivity index (χ3v) is 7.35. The molecule has 5 rings (SSSR count). The first kappa shape index (κ1) is 22.4. The molecule has 0 spiro atoms. The Morgan fingerprint density at radius 1 is 1.21 bits per heavy atom. The van der Waals surface area contributed by atoms with Gasteiger partial charge in [0.2, 0.25) is 0 Å². The first-order valence-electron chi connectivity index (χ1n) is 11.5. The van der Waals surface area contributed by atoms with Crippen molar-refractivity contribution >= 4 is 28.5 Å². The molecule has 2 aromatic carbocycles. The first-order valence-corrected chi connectivity index (χ1v) is 11.9. The molecule has 33 heavy (non-hydrogen) atoms. The smallest absolute Gasteiger partial charge is 0.323 e. The van der Waals surface area contributed by atoms with E-state index in [1.54, 1.807) is 6.07 Å². The summed E-state index contributed by atoms with van der Waals surface area (Å²) < 4.78 is 19.8. The number of fused-ring (bicyclic) bond motifs is 5. The predicted octanol–water partition coefficient (Wildman–Crippen LogP) is 5.30. The number of aromatic nitrogens is 1. The highest BCUT2D eigenvalue weighted by Gasteiger charge is 2.48. The molecule has 0 aliphatic carbocycles. The Morgan fingerprint density at radius 2 is 1.97 bits per heavy atom. The molecular formula is C26H29ClFN3O2. The highest BCUT2D eigenvalue weighted by atomic mass is 35.5. The number of piperidine rings is 1. The van der Waals surface area contributed by atoms with Crippen molar-refractivity contribution in [2.24, 2.45) is 0 Å². The maximum atomic E-state index is 14.5. The second-order valence-electron chi connectivity index (χ2n) is 9.45. The van der Waals surface area contributed by atoms with E-state index in [4.69, 9.17) is 16.3 Å². The van der Waals surface area contributed by atoms with E-state index in [0.29, 0.717) is 12.5 Å². The van der Waals surface area contributed by atoms with E-state index in [2.05, 4.69) is 41.2 Å². The molecule has 1 aromatic heterocycles. The number of ether oxygens (including phenoxy) is 1. The Labute approximate surface area is 198 Å². The molecule has 5 nitrogen and oxygen atoms in total. The van der Waals surface area contributed by atoms with Crippen LogP contribution >= 0.6 is 11.6 Å². The van der Waals surface area contributed by atoms with Gasteiger partial charge in [-0.3, -0.25) is 9.69 Å². The quantitative estimate of drug-likeness (QED) is 0.509. The van der Waals surface area contributed by atoms with Gasteiger partial charge in [-0.1, -0.05) is 49.7 Å². The van der Waals surface area contributed by atoms with E-state index in [-0.39, 0.29) is 29.1 Å². The fourth-order valence-corrected chi connectivity index (χ4v) is 5.92. The standard InChI is InChI=1S/C26H29ClFN3O2/c1-14(2)29-16-11-22(15-8-9-19(27)20(28)10-15)31-23(12-16)25-18(13-24(31)26(32)33-3)17-6-4-5-7-21(17)30-25/h4-10,14,16,22-24,29-30H,11-13H2,1-3H3/t16-,22+,23+,24+/m1/s1. The fourth-order valence-electron chi connectivity index (χ4n) is 5.80. The maximum absolute atomic E-state index is 14.5. The minimum atomic E-state index is -0.449. The number of carbonyl (C=O) groups excluding carboxylic acids is 1. The minimum Gasteiger partial charge on any atom is -0.468 e. The summed E-state index contributed by atoms with van der Waals surface area (Å²) in [5.41, 5.74) is 4.21. The van der Waals surface area contributed by atoms with E-state index < -0.39 is 11.9 Å². The van der Waals surface area contributed by atoms with E-state index in [1.165, 1.54) is 18.7 Å². The van der Waals surface area contributed by atoms with Crippen LogP contribution in [0.4, 0.5) is 4.39 Å². The van der Waals surface area contributed by atoms with Crippen molar-refractivity contribution in [3.8, 4) is 0 Å². The Bertz CT molecular complexity index is 1190. The molecule has 2 aliphatic heterocycles. The van der Waals surface area contributed by atoms with Gasteiger partial charge in [0, 0.05) is 41.1 Å². The topological polar surface area (TPSA) is 57.4 Å². The van der Waals surface area contributed by atoms with Gasteiger partial charge in [0.05, 0.1) is 18.2 Å². The third-order valence-electron chi connectivity index (χ3n) is 7.04. The molecule has 2 aliphatic rings. The number of nitrogens with one attached hydrogen (secondary N) is 2. The van der Waals surface area contributed by atoms with Crippen molar-refractivity contribution in [2.75, 3.05) is 7.11 Å². The number of aromatic amines is 1. The van der Waals surface area contributed by atoms with Gasteiger partial charge in [-0.05, 0) is 42.2 Å². The summed E-state index contributed by atoms with van der Waals surface area (Å²) in [6.07, 6.45) is 2.16. The summed E-state index contributed by atoms with van der Waals surface area (Å²) in [4.78, 5) is 18.9. The van der Waals surface area contributed by atoms with Crippen LogP contribution in [-0.2, 0) is 16.0 Å². The average molecular weight is 470 g/mol. The van der Waals surface area contributed by atoms with E-state index in [1.807, 2.05) is 18.2 Å². The summed E-state index contributed by atoms with van der Waals surface area (Å²) in [7, 11) is 1.44. The molecule has 0 bridgehead atoms. The number of halogens is 2. The van der Waals surface area contributed by atoms with Gasteiger partial charge >= 0.3 is 5.97 Å². The largest absolute Gasteiger partial charge is 0.468 e. The number of rotatable bonds is 4. The van der Waals surface area contributed by atoms with Crippen LogP contribution in [0.1, 0.15) is 55.6 Å². The second kappa shape index (κ2) is 8.75. The monoisotopic (exact) mass is 469 g/mol. The molecule has 0 saturated carbocycles. The van der Waals surface area contributed by atoms with Crippen molar-refractivity contribution in [2.45, 2.75) is 63.3 Å². The number of carbonyl (C=O) groups is 1. The minimum absolute atomic E-state index is 0.0287. The van der Waals surface area contributed by atoms with Crippen molar-refractivity contribution in [3.05, 3.63) is 70.1 Å². The van der Waals surface area contributed by atoms with Gasteiger partial charge in [-0.25, -0.2) is 4.39 Å². The Kier molecular flexibility index (Phi) is 5.93. The van der Waals surface area contributed by atoms with Gasteiger partial charge < -0.3 is 15.0 Å². The molecule has 0 radical (unpaired) electrons. The lowest BCUT2D eigenvalue weighted by atomic mass is 9.79. The lowest BCUT2D eigenvalue weighted by molar-refractivity contribution is -0.152. The molecule has 3 heterocycles. The molecular weight excluding hydrogens is 441 g/mol. The zero-order valence-electron chi connectivity index (χ0n) is 19.1. The van der Waals surface area contributed by atoms with Gasteiger partial charge in [-0.15, -0.1) is 0 Å². The van der Waals surface area contributed by atoms with Crippen LogP contribution in [-0.4, -0.2) is 41.1 Å². The summed E-state index contributed by atoms with van der Waals surface area (Å²) in [5.74, 6) is -0.701. The fraction of sp³-hybridized carbons (Fsp3) is 0.423. The molecule has 0 unspecified atom stereocenters. The summed E-state index contributed by atoms with van der Waals surface area (Å²) in [6.45, 7) is 4.27. The highest BCUT2D eigenvalue weighted by Crippen LogP contribution is 2.49. The second-order valence-corrected chi connectivity index (χ2v) is 9.86. The molecule has 3 aromatic rings. The maximum Gasteiger partial charge on any atom is 0.323 e. The van der Waals surface area contributed by atoms with Gasteiger partial charge in [0.25, 0.3) is 0 Å². The zero-order valence-corrected chi connectivity index (χ0v) is 19.8. The average Bonchev–Trinajstić information content (AvgIpc) is 3.18. The molecule has 174 valence electrons. The summed E-state index contributed by atoms with van der Waals surface area (Å²) in [5, 5.41) is 4.93. The van der Waals surface area contributed by atoms with Crippen LogP contribution in [0, 0.1) is 5.82 Å². The van der Waals surface area contributed by atoms with E-state index in [9.17, 15) is 9.18 Å². The van der Waals surface area contributed by atoms with Crippen molar-refractivity contribution in [1.29, 1.82) is 0 Å². The normalized spacial score (nSPS) is 25.2. The van der Waals surface area contributed by atoms with E-state index >= 15 is 0 Å². The van der Waals surface area contributed by atoms with Crippen LogP contribution < -0.4 is 5.32 Å². The summed E-state index contributed by atoms with van der Waals surface area (Å²) >= 11 is 5.99. The Balaban J connectivity index is 1.67. The number of hydrogen-bond acceptors (Lipinski definition) is 4. The lowest BCUT2D eigenvalue weighted by Gasteiger charge is -2.51. The van der Waals surface area contributed by atoms with Gasteiger partial charge in [-0.2, -0.15) is 0 Å². The molecule has 7 heteroatoms. The van der Waals surface area contributed by atoms with Crippen LogP contribution in [0.25, 0.3) is 10.9 Å². The zero-order chi connectivity index (χ0) is 23.3. The number of benzene rings is 2. The molecule has 1 saturated heterocycles. The van der Waals surface area contributed by atoms with Crippen LogP contribution in [0.3, 0.4) is 0 Å². The van der Waals surface area contributed by atoms with Crippen LogP contribution in [0.15, 0.2) is 42.5 Å². The lowest BCUT2D eigenvalue weighted by Crippen LogP contribution is -2.56. The van der Waals surface area contributed by atoms with E-state index in [0.717, 1.165) is 35.0 Å². The summed E-state index contributed by atoms with van der Waals surface area (Å²) in [6, 6.07) is 13.1. The molecule has 2 N–H and O–H groups in total. The Hall–Kier alpha value is -2.41. The molecule has 1 fully saturated rings. The van der Waals surface area contributed by atoms with Gasteiger partial charge in [0.15, 0.2) is 0 Å². The van der Waals surface area contributed by atoms with Crippen LogP contribution in [0.5, 0.6) is 0 Å². The van der Waals surface area contributed by atoms with Gasteiger partial charge in [0.1, 0.15) is 11.9 Å². The van der Waals surface area contributed by atoms with Crippen LogP contribution in [0.2, 0.25) is 5.02 Å². The third kappa shape index (κ3) is 3.94. The van der Waals surface area contributed by atoms with Crippen molar-refractivity contribution in [3.63, 3.8) is 0 Å².